The number of benzene rings is 1. The summed E-state index contributed by atoms with van der Waals surface area (Å²) in [6, 6.07) is 14.2. The third kappa shape index (κ3) is 2.63. The van der Waals surface area contributed by atoms with Crippen LogP contribution < -0.4 is 5.32 Å². The molecule has 0 unspecified atom stereocenters. The lowest BCUT2D eigenvalue weighted by atomic mass is 9.63. The molecule has 3 nitrogen and oxygen atoms in total. The predicted molar refractivity (Wildman–Crippen MR) is 88.5 cm³/mol. The molecule has 3 heteroatoms. The van der Waals surface area contributed by atoms with Crippen molar-refractivity contribution in [3.63, 3.8) is 0 Å². The molecule has 1 amide bonds. The fraction of sp³-hybridized carbons (Fsp3) is 0.368. The van der Waals surface area contributed by atoms with Crippen LogP contribution in [-0.2, 0) is 10.2 Å². The highest BCUT2D eigenvalue weighted by atomic mass is 16.2. The highest BCUT2D eigenvalue weighted by Gasteiger charge is 2.45. The first-order valence-electron chi connectivity index (χ1n) is 8.06. The minimum absolute atomic E-state index is 0.186. The molecule has 0 bridgehead atoms. The Morgan fingerprint density at radius 3 is 2.50 bits per heavy atom. The molecule has 1 aliphatic carbocycles. The monoisotopic (exact) mass is 294 g/mol. The van der Waals surface area contributed by atoms with Gasteiger partial charge >= 0.3 is 0 Å². The Hall–Kier alpha value is -2.16. The van der Waals surface area contributed by atoms with Crippen LogP contribution >= 0.6 is 0 Å². The zero-order valence-electron chi connectivity index (χ0n) is 13.0. The van der Waals surface area contributed by atoms with Crippen LogP contribution in [0.4, 0.5) is 0 Å². The van der Waals surface area contributed by atoms with Crippen LogP contribution in [0.2, 0.25) is 0 Å². The molecule has 22 heavy (non-hydrogen) atoms. The molecule has 0 spiro atoms. The zero-order valence-corrected chi connectivity index (χ0v) is 13.0. The highest BCUT2D eigenvalue weighted by Crippen LogP contribution is 2.44. The van der Waals surface area contributed by atoms with E-state index < -0.39 is 0 Å². The third-order valence-corrected chi connectivity index (χ3v) is 4.58. The molecule has 3 rings (SSSR count). The maximum absolute atomic E-state index is 12.5. The van der Waals surface area contributed by atoms with Gasteiger partial charge in [0.2, 0.25) is 5.91 Å². The van der Waals surface area contributed by atoms with E-state index in [-0.39, 0.29) is 11.3 Å². The van der Waals surface area contributed by atoms with E-state index in [9.17, 15) is 4.79 Å². The van der Waals surface area contributed by atoms with Gasteiger partial charge in [0.25, 0.3) is 0 Å². The van der Waals surface area contributed by atoms with Crippen LogP contribution in [0.25, 0.3) is 11.3 Å². The summed E-state index contributed by atoms with van der Waals surface area (Å²) in [5.74, 6) is 0.186. The van der Waals surface area contributed by atoms with Crippen LogP contribution in [-0.4, -0.2) is 17.4 Å². The van der Waals surface area contributed by atoms with E-state index in [1.54, 1.807) is 6.20 Å². The quantitative estimate of drug-likeness (QED) is 0.913. The summed E-state index contributed by atoms with van der Waals surface area (Å²) < 4.78 is 0. The van der Waals surface area contributed by atoms with E-state index in [0.717, 1.165) is 49.0 Å². The van der Waals surface area contributed by atoms with Gasteiger partial charge in [-0.15, -0.1) is 0 Å². The molecule has 0 saturated heterocycles. The Morgan fingerprint density at radius 2 is 1.95 bits per heavy atom. The van der Waals surface area contributed by atoms with Crippen LogP contribution in [0.1, 0.15) is 38.2 Å². The van der Waals surface area contributed by atoms with Crippen molar-refractivity contribution in [3.05, 3.63) is 54.2 Å². The SMILES string of the molecule is CCCNC(=O)C1(c2ccc(-c3ccccn3)cc2)CCC1. The lowest BCUT2D eigenvalue weighted by molar-refractivity contribution is -0.129. The Balaban J connectivity index is 1.83. The summed E-state index contributed by atoms with van der Waals surface area (Å²) in [6.07, 6.45) is 5.80. The number of pyridine rings is 1. The van der Waals surface area contributed by atoms with E-state index in [1.807, 2.05) is 18.2 Å². The van der Waals surface area contributed by atoms with Gasteiger partial charge in [-0.1, -0.05) is 43.7 Å². The van der Waals surface area contributed by atoms with Gasteiger partial charge in [-0.3, -0.25) is 9.78 Å². The van der Waals surface area contributed by atoms with Crippen molar-refractivity contribution in [1.82, 2.24) is 10.3 Å². The molecule has 1 N–H and O–H groups in total. The molecule has 0 aliphatic heterocycles. The number of rotatable bonds is 5. The molecule has 1 aliphatic rings. The molecule has 1 saturated carbocycles. The van der Waals surface area contributed by atoms with Crippen molar-refractivity contribution in [2.45, 2.75) is 38.0 Å². The van der Waals surface area contributed by atoms with Gasteiger partial charge in [0, 0.05) is 18.3 Å². The van der Waals surface area contributed by atoms with Crippen LogP contribution in [0.5, 0.6) is 0 Å². The van der Waals surface area contributed by atoms with Crippen molar-refractivity contribution in [3.8, 4) is 11.3 Å². The van der Waals surface area contributed by atoms with E-state index in [2.05, 4.69) is 41.5 Å². The standard InChI is InChI=1S/C19H22N2O/c1-2-13-21-18(22)19(11-5-12-19)16-9-7-15(8-10-16)17-6-3-4-14-20-17/h3-4,6-10,14H,2,5,11-13H2,1H3,(H,21,22). The van der Waals surface area contributed by atoms with Gasteiger partial charge in [0.15, 0.2) is 0 Å². The van der Waals surface area contributed by atoms with E-state index >= 15 is 0 Å². The molecule has 1 aromatic carbocycles. The number of nitrogens with one attached hydrogen (secondary N) is 1. The third-order valence-electron chi connectivity index (χ3n) is 4.58. The summed E-state index contributed by atoms with van der Waals surface area (Å²) >= 11 is 0. The maximum Gasteiger partial charge on any atom is 0.230 e. The maximum atomic E-state index is 12.5. The van der Waals surface area contributed by atoms with Crippen molar-refractivity contribution in [1.29, 1.82) is 0 Å². The summed E-state index contributed by atoms with van der Waals surface area (Å²) in [5.41, 5.74) is 2.88. The number of hydrogen-bond acceptors (Lipinski definition) is 2. The Morgan fingerprint density at radius 1 is 1.18 bits per heavy atom. The molecular formula is C19H22N2O. The van der Waals surface area contributed by atoms with Crippen LogP contribution in [0.15, 0.2) is 48.7 Å². The summed E-state index contributed by atoms with van der Waals surface area (Å²) in [4.78, 5) is 16.9. The number of hydrogen-bond donors (Lipinski definition) is 1. The lowest BCUT2D eigenvalue weighted by Gasteiger charge is -2.40. The number of amides is 1. The minimum Gasteiger partial charge on any atom is -0.355 e. The second-order valence-corrected chi connectivity index (χ2v) is 5.98. The Kier molecular flexibility index (Phi) is 4.23. The molecular weight excluding hydrogens is 272 g/mol. The largest absolute Gasteiger partial charge is 0.355 e. The molecule has 0 atom stereocenters. The van der Waals surface area contributed by atoms with Crippen molar-refractivity contribution in [2.75, 3.05) is 6.54 Å². The van der Waals surface area contributed by atoms with Gasteiger partial charge in [-0.05, 0) is 37.0 Å². The van der Waals surface area contributed by atoms with Gasteiger partial charge in [0.05, 0.1) is 11.1 Å². The van der Waals surface area contributed by atoms with Crippen molar-refractivity contribution >= 4 is 5.91 Å². The molecule has 2 aromatic rings. The second-order valence-electron chi connectivity index (χ2n) is 5.98. The van der Waals surface area contributed by atoms with Gasteiger partial charge in [-0.25, -0.2) is 0 Å². The fourth-order valence-electron chi connectivity index (χ4n) is 3.08. The van der Waals surface area contributed by atoms with Gasteiger partial charge < -0.3 is 5.32 Å². The van der Waals surface area contributed by atoms with Gasteiger partial charge in [-0.2, -0.15) is 0 Å². The molecule has 0 radical (unpaired) electrons. The summed E-state index contributed by atoms with van der Waals surface area (Å²) in [7, 11) is 0. The first kappa shape index (κ1) is 14.8. The minimum atomic E-state index is -0.308. The smallest absolute Gasteiger partial charge is 0.230 e. The van der Waals surface area contributed by atoms with Crippen molar-refractivity contribution in [2.24, 2.45) is 0 Å². The fourth-order valence-corrected chi connectivity index (χ4v) is 3.08. The number of carbonyl (C=O) groups is 1. The summed E-state index contributed by atoms with van der Waals surface area (Å²) in [5, 5.41) is 3.07. The molecule has 1 aromatic heterocycles. The second kappa shape index (κ2) is 6.30. The highest BCUT2D eigenvalue weighted by molar-refractivity contribution is 5.89. The van der Waals surface area contributed by atoms with Crippen molar-refractivity contribution < 1.29 is 4.79 Å². The zero-order chi connectivity index (χ0) is 15.4. The molecule has 1 heterocycles. The predicted octanol–water partition coefficient (Wildman–Crippen LogP) is 3.70. The average Bonchev–Trinajstić information content (AvgIpc) is 2.53. The normalized spacial score (nSPS) is 15.9. The van der Waals surface area contributed by atoms with Crippen LogP contribution in [0.3, 0.4) is 0 Å². The Bertz CT molecular complexity index is 630. The topological polar surface area (TPSA) is 42.0 Å². The van der Waals surface area contributed by atoms with E-state index in [0.29, 0.717) is 0 Å². The Labute approximate surface area is 131 Å². The number of carbonyl (C=O) groups excluding carboxylic acids is 1. The first-order chi connectivity index (χ1) is 10.8. The number of nitrogens with zero attached hydrogens (tertiary/aromatic N) is 1. The van der Waals surface area contributed by atoms with E-state index in [4.69, 9.17) is 0 Å². The molecule has 1 fully saturated rings. The van der Waals surface area contributed by atoms with E-state index in [1.165, 1.54) is 0 Å². The summed E-state index contributed by atoms with van der Waals surface area (Å²) in [6.45, 7) is 2.84. The van der Waals surface area contributed by atoms with Crippen LogP contribution in [0, 0.1) is 0 Å². The number of aromatic nitrogens is 1. The first-order valence-corrected chi connectivity index (χ1v) is 8.06. The average molecular weight is 294 g/mol. The molecule has 114 valence electrons. The lowest BCUT2D eigenvalue weighted by Crippen LogP contribution is -2.49. The van der Waals surface area contributed by atoms with Gasteiger partial charge in [0.1, 0.15) is 0 Å².